The first-order valence-corrected chi connectivity index (χ1v) is 6.24. The zero-order valence-electron chi connectivity index (χ0n) is 11.7. The van der Waals surface area contributed by atoms with Gasteiger partial charge in [-0.2, -0.15) is 0 Å². The maximum absolute atomic E-state index is 11.7. The summed E-state index contributed by atoms with van der Waals surface area (Å²) in [5.74, 6) is 0.0241. The Bertz CT molecular complexity index is 416. The molecule has 3 N–H and O–H groups in total. The predicted octanol–water partition coefficient (Wildman–Crippen LogP) is 1.41. The van der Waals surface area contributed by atoms with Crippen LogP contribution < -0.4 is 16.0 Å². The maximum atomic E-state index is 11.7. The quantitative estimate of drug-likeness (QED) is 0.829. The second-order valence-electron chi connectivity index (χ2n) is 4.91. The molecule has 0 atom stereocenters. The number of hydrogen-bond acceptors (Lipinski definition) is 3. The van der Waals surface area contributed by atoms with Crippen LogP contribution in [0.3, 0.4) is 0 Å². The number of anilines is 1. The number of benzene rings is 1. The molecule has 1 aromatic carbocycles. The first-order chi connectivity index (χ1) is 8.43. The standard InChI is InChI=1S/C14H23N3O/c1-10(2)16-14(18)9-17(4)13-6-5-11(3)7-12(13)8-15/h5-7,10H,8-9,15H2,1-4H3,(H,16,18). The van der Waals surface area contributed by atoms with Gasteiger partial charge in [0.05, 0.1) is 6.54 Å². The number of nitrogens with one attached hydrogen (secondary N) is 1. The Morgan fingerprint density at radius 2 is 2.11 bits per heavy atom. The van der Waals surface area contributed by atoms with Crippen molar-refractivity contribution >= 4 is 11.6 Å². The number of carbonyl (C=O) groups is 1. The SMILES string of the molecule is Cc1ccc(N(C)CC(=O)NC(C)C)c(CN)c1. The highest BCUT2D eigenvalue weighted by molar-refractivity contribution is 5.81. The average molecular weight is 249 g/mol. The van der Waals surface area contributed by atoms with Crippen molar-refractivity contribution in [3.63, 3.8) is 0 Å². The summed E-state index contributed by atoms with van der Waals surface area (Å²) < 4.78 is 0. The van der Waals surface area contributed by atoms with Gasteiger partial charge in [0.1, 0.15) is 0 Å². The van der Waals surface area contributed by atoms with Crippen LogP contribution in [0.5, 0.6) is 0 Å². The Labute approximate surface area is 109 Å². The fourth-order valence-electron chi connectivity index (χ4n) is 1.92. The molecule has 0 bridgehead atoms. The molecule has 4 heteroatoms. The van der Waals surface area contributed by atoms with Gasteiger partial charge in [0, 0.05) is 25.3 Å². The summed E-state index contributed by atoms with van der Waals surface area (Å²) >= 11 is 0. The van der Waals surface area contributed by atoms with Gasteiger partial charge in [-0.15, -0.1) is 0 Å². The lowest BCUT2D eigenvalue weighted by Gasteiger charge is -2.22. The molecule has 18 heavy (non-hydrogen) atoms. The lowest BCUT2D eigenvalue weighted by atomic mass is 10.1. The van der Waals surface area contributed by atoms with E-state index in [9.17, 15) is 4.79 Å². The van der Waals surface area contributed by atoms with E-state index in [1.54, 1.807) is 0 Å². The number of nitrogens with two attached hydrogens (primary N) is 1. The highest BCUT2D eigenvalue weighted by atomic mass is 16.2. The van der Waals surface area contributed by atoms with E-state index in [1.807, 2.05) is 44.9 Å². The van der Waals surface area contributed by atoms with Gasteiger partial charge in [-0.3, -0.25) is 4.79 Å². The third-order valence-corrected chi connectivity index (χ3v) is 2.70. The maximum Gasteiger partial charge on any atom is 0.239 e. The normalized spacial score (nSPS) is 10.6. The number of carbonyl (C=O) groups excluding carboxylic acids is 1. The molecule has 100 valence electrons. The minimum atomic E-state index is 0.0241. The predicted molar refractivity (Wildman–Crippen MR) is 75.6 cm³/mol. The zero-order valence-corrected chi connectivity index (χ0v) is 11.7. The molecule has 0 fully saturated rings. The van der Waals surface area contributed by atoms with Crippen LogP contribution in [0.4, 0.5) is 5.69 Å². The monoisotopic (exact) mass is 249 g/mol. The highest BCUT2D eigenvalue weighted by Gasteiger charge is 2.11. The van der Waals surface area contributed by atoms with E-state index in [2.05, 4.69) is 11.4 Å². The van der Waals surface area contributed by atoms with E-state index < -0.39 is 0 Å². The van der Waals surface area contributed by atoms with Crippen molar-refractivity contribution in [3.05, 3.63) is 29.3 Å². The number of amides is 1. The smallest absolute Gasteiger partial charge is 0.239 e. The molecule has 0 saturated carbocycles. The first kappa shape index (κ1) is 14.5. The molecular formula is C14H23N3O. The third-order valence-electron chi connectivity index (χ3n) is 2.70. The van der Waals surface area contributed by atoms with Crippen molar-refractivity contribution in [1.82, 2.24) is 5.32 Å². The van der Waals surface area contributed by atoms with E-state index in [1.165, 1.54) is 5.56 Å². The van der Waals surface area contributed by atoms with Gasteiger partial charge in [0.2, 0.25) is 5.91 Å². The number of nitrogens with zero attached hydrogens (tertiary/aromatic N) is 1. The Hall–Kier alpha value is -1.55. The molecule has 0 aliphatic carbocycles. The third kappa shape index (κ3) is 4.04. The number of aryl methyl sites for hydroxylation is 1. The van der Waals surface area contributed by atoms with E-state index in [4.69, 9.17) is 5.73 Å². The summed E-state index contributed by atoms with van der Waals surface area (Å²) in [6.07, 6.45) is 0. The fraction of sp³-hybridized carbons (Fsp3) is 0.500. The van der Waals surface area contributed by atoms with Gasteiger partial charge in [0.15, 0.2) is 0 Å². The van der Waals surface area contributed by atoms with Crippen molar-refractivity contribution < 1.29 is 4.79 Å². The summed E-state index contributed by atoms with van der Waals surface area (Å²) in [7, 11) is 1.91. The minimum Gasteiger partial charge on any atom is -0.365 e. The van der Waals surface area contributed by atoms with Crippen LogP contribution in [0.15, 0.2) is 18.2 Å². The van der Waals surface area contributed by atoms with E-state index in [-0.39, 0.29) is 11.9 Å². The molecule has 0 radical (unpaired) electrons. The highest BCUT2D eigenvalue weighted by Crippen LogP contribution is 2.20. The van der Waals surface area contributed by atoms with E-state index in [0.29, 0.717) is 13.1 Å². The molecule has 0 saturated heterocycles. The number of likely N-dealkylation sites (N-methyl/N-ethyl adjacent to an activating group) is 1. The molecule has 0 spiro atoms. The van der Waals surface area contributed by atoms with Gasteiger partial charge in [-0.05, 0) is 32.4 Å². The summed E-state index contributed by atoms with van der Waals surface area (Å²) in [6, 6.07) is 6.27. The first-order valence-electron chi connectivity index (χ1n) is 6.24. The van der Waals surface area contributed by atoms with Crippen molar-refractivity contribution in [3.8, 4) is 0 Å². The molecule has 0 aliphatic heterocycles. The second-order valence-corrected chi connectivity index (χ2v) is 4.91. The molecule has 1 aromatic rings. The average Bonchev–Trinajstić information content (AvgIpc) is 2.27. The van der Waals surface area contributed by atoms with Crippen LogP contribution in [0.1, 0.15) is 25.0 Å². The zero-order chi connectivity index (χ0) is 13.7. The van der Waals surface area contributed by atoms with Gasteiger partial charge in [-0.1, -0.05) is 17.7 Å². The van der Waals surface area contributed by atoms with Crippen LogP contribution in [0.2, 0.25) is 0 Å². The van der Waals surface area contributed by atoms with Crippen molar-refractivity contribution in [1.29, 1.82) is 0 Å². The molecule has 1 amide bonds. The van der Waals surface area contributed by atoms with Gasteiger partial charge in [0.25, 0.3) is 0 Å². The summed E-state index contributed by atoms with van der Waals surface area (Å²) in [5, 5.41) is 2.88. The summed E-state index contributed by atoms with van der Waals surface area (Å²) in [5.41, 5.74) is 9.00. The number of rotatable bonds is 5. The van der Waals surface area contributed by atoms with Crippen LogP contribution in [-0.4, -0.2) is 25.5 Å². The Balaban J connectivity index is 2.77. The van der Waals surface area contributed by atoms with Gasteiger partial charge in [-0.25, -0.2) is 0 Å². The lowest BCUT2D eigenvalue weighted by Crippen LogP contribution is -2.38. The van der Waals surface area contributed by atoms with E-state index in [0.717, 1.165) is 11.3 Å². The molecule has 0 unspecified atom stereocenters. The van der Waals surface area contributed by atoms with Crippen LogP contribution in [0.25, 0.3) is 0 Å². The van der Waals surface area contributed by atoms with Crippen LogP contribution >= 0.6 is 0 Å². The molecular weight excluding hydrogens is 226 g/mol. The summed E-state index contributed by atoms with van der Waals surface area (Å²) in [6.45, 7) is 6.76. The molecule has 0 aromatic heterocycles. The molecule has 0 aliphatic rings. The van der Waals surface area contributed by atoms with Crippen molar-refractivity contribution in [2.75, 3.05) is 18.5 Å². The van der Waals surface area contributed by atoms with Crippen molar-refractivity contribution in [2.24, 2.45) is 5.73 Å². The topological polar surface area (TPSA) is 58.4 Å². The Morgan fingerprint density at radius 3 is 2.67 bits per heavy atom. The largest absolute Gasteiger partial charge is 0.365 e. The van der Waals surface area contributed by atoms with Crippen LogP contribution in [0, 0.1) is 6.92 Å². The fourth-order valence-corrected chi connectivity index (χ4v) is 1.92. The van der Waals surface area contributed by atoms with Crippen LogP contribution in [-0.2, 0) is 11.3 Å². The molecule has 4 nitrogen and oxygen atoms in total. The molecule has 1 rings (SSSR count). The Morgan fingerprint density at radius 1 is 1.44 bits per heavy atom. The minimum absolute atomic E-state index is 0.0241. The molecule has 0 heterocycles. The Kier molecular flexibility index (Phi) is 5.16. The second kappa shape index (κ2) is 6.40. The lowest BCUT2D eigenvalue weighted by molar-refractivity contribution is -0.120. The summed E-state index contributed by atoms with van der Waals surface area (Å²) in [4.78, 5) is 13.6. The van der Waals surface area contributed by atoms with Crippen molar-refractivity contribution in [2.45, 2.75) is 33.4 Å². The van der Waals surface area contributed by atoms with Gasteiger partial charge >= 0.3 is 0 Å². The number of hydrogen-bond donors (Lipinski definition) is 2. The van der Waals surface area contributed by atoms with E-state index >= 15 is 0 Å². The van der Waals surface area contributed by atoms with Gasteiger partial charge < -0.3 is 16.0 Å².